The van der Waals surface area contributed by atoms with Crippen molar-refractivity contribution in [3.05, 3.63) is 12.0 Å². The molecule has 1 unspecified atom stereocenters. The summed E-state index contributed by atoms with van der Waals surface area (Å²) in [4.78, 5) is 15.0. The second-order valence-corrected chi connectivity index (χ2v) is 5.26. The molecule has 1 rings (SSSR count). The van der Waals surface area contributed by atoms with Crippen LogP contribution in [0.25, 0.3) is 0 Å². The molecule has 0 aliphatic carbocycles. The normalized spacial score (nSPS) is 13.4. The molecule has 0 spiro atoms. The van der Waals surface area contributed by atoms with E-state index in [0.29, 0.717) is 5.82 Å². The van der Waals surface area contributed by atoms with E-state index >= 15 is 0 Å². The zero-order valence-electron chi connectivity index (χ0n) is 10.1. The first-order valence-corrected chi connectivity index (χ1v) is 6.36. The van der Waals surface area contributed by atoms with Crippen LogP contribution in [-0.2, 0) is 26.6 Å². The van der Waals surface area contributed by atoms with E-state index < -0.39 is 22.0 Å². The van der Waals surface area contributed by atoms with Gasteiger partial charge in [-0.2, -0.15) is 4.72 Å². The van der Waals surface area contributed by atoms with Gasteiger partial charge in [-0.05, 0) is 13.8 Å². The summed E-state index contributed by atoms with van der Waals surface area (Å²) in [5, 5.41) is -0.117. The van der Waals surface area contributed by atoms with E-state index in [1.807, 2.05) is 0 Å². The number of hydrogen-bond donors (Lipinski definition) is 1. The minimum Gasteiger partial charge on any atom is -0.468 e. The van der Waals surface area contributed by atoms with Crippen molar-refractivity contribution in [1.29, 1.82) is 0 Å². The van der Waals surface area contributed by atoms with Crippen molar-refractivity contribution in [2.75, 3.05) is 7.11 Å². The first-order valence-electron chi connectivity index (χ1n) is 4.88. The zero-order chi connectivity index (χ0) is 13.2. The molecule has 17 heavy (non-hydrogen) atoms. The predicted octanol–water partition coefficient (Wildman–Crippen LogP) is -0.432. The largest absolute Gasteiger partial charge is 0.468 e. The van der Waals surface area contributed by atoms with Crippen molar-refractivity contribution < 1.29 is 17.9 Å². The maximum Gasteiger partial charge on any atom is 0.323 e. The number of methoxy groups -OCH3 is 1. The first kappa shape index (κ1) is 13.7. The molecule has 0 fully saturated rings. The molecule has 1 N–H and O–H groups in total. The second-order valence-electron chi connectivity index (χ2n) is 3.60. The monoisotopic (exact) mass is 261 g/mol. The molecule has 0 amide bonds. The average Bonchev–Trinajstić information content (AvgIpc) is 2.58. The molecular formula is C9H15N3O4S. The molecule has 96 valence electrons. The number of carbonyl (C=O) groups is 1. The molecule has 1 aromatic rings. The van der Waals surface area contributed by atoms with Crippen LogP contribution in [0.2, 0.25) is 0 Å². The van der Waals surface area contributed by atoms with Gasteiger partial charge in [-0.25, -0.2) is 13.4 Å². The van der Waals surface area contributed by atoms with Crippen molar-refractivity contribution in [1.82, 2.24) is 14.3 Å². The Bertz CT molecular complexity index is 501. The molecule has 1 heterocycles. The number of nitrogens with zero attached hydrogens (tertiary/aromatic N) is 2. The topological polar surface area (TPSA) is 90.3 Å². The standard InChI is InChI=1S/C9H15N3O4S/c1-6(9(13)16-4)11-17(14,15)8-5-12(3)7(2)10-8/h5-6,11H,1-4H3. The van der Waals surface area contributed by atoms with Crippen molar-refractivity contribution in [3.63, 3.8) is 0 Å². The number of ether oxygens (including phenoxy) is 1. The van der Waals surface area contributed by atoms with Gasteiger partial charge in [-0.1, -0.05) is 0 Å². The third-order valence-electron chi connectivity index (χ3n) is 2.25. The number of aromatic nitrogens is 2. The Balaban J connectivity index is 2.93. The summed E-state index contributed by atoms with van der Waals surface area (Å²) in [5.74, 6) is -0.0858. The van der Waals surface area contributed by atoms with Gasteiger partial charge in [0.05, 0.1) is 7.11 Å². The highest BCUT2D eigenvalue weighted by Gasteiger charge is 2.24. The molecule has 0 aliphatic rings. The summed E-state index contributed by atoms with van der Waals surface area (Å²) in [6.45, 7) is 3.09. The Morgan fingerprint density at radius 3 is 2.59 bits per heavy atom. The molecule has 0 aromatic carbocycles. The molecule has 0 saturated carbocycles. The highest BCUT2D eigenvalue weighted by Crippen LogP contribution is 2.08. The quantitative estimate of drug-likeness (QED) is 0.743. The Hall–Kier alpha value is -1.41. The van der Waals surface area contributed by atoms with Crippen LogP contribution in [-0.4, -0.2) is 37.1 Å². The van der Waals surface area contributed by atoms with Crippen LogP contribution < -0.4 is 4.72 Å². The number of esters is 1. The fraction of sp³-hybridized carbons (Fsp3) is 0.556. The summed E-state index contributed by atoms with van der Waals surface area (Å²) in [6.07, 6.45) is 1.38. The third kappa shape index (κ3) is 3.04. The fourth-order valence-corrected chi connectivity index (χ4v) is 2.41. The molecule has 0 aliphatic heterocycles. The Morgan fingerprint density at radius 1 is 1.59 bits per heavy atom. The molecule has 1 atom stereocenters. The average molecular weight is 261 g/mol. The Morgan fingerprint density at radius 2 is 2.18 bits per heavy atom. The fourth-order valence-electron chi connectivity index (χ4n) is 1.17. The van der Waals surface area contributed by atoms with Gasteiger partial charge in [0.1, 0.15) is 11.9 Å². The van der Waals surface area contributed by atoms with Crippen molar-refractivity contribution in [2.45, 2.75) is 24.9 Å². The van der Waals surface area contributed by atoms with Gasteiger partial charge in [0.25, 0.3) is 10.0 Å². The minimum absolute atomic E-state index is 0.117. The van der Waals surface area contributed by atoms with Crippen LogP contribution in [0, 0.1) is 6.92 Å². The third-order valence-corrected chi connectivity index (χ3v) is 3.66. The first-order chi connectivity index (χ1) is 7.77. The molecule has 0 radical (unpaired) electrons. The molecule has 0 saturated heterocycles. The summed E-state index contributed by atoms with van der Waals surface area (Å²) in [7, 11) is -0.921. The number of carbonyl (C=O) groups excluding carboxylic acids is 1. The maximum atomic E-state index is 11.8. The van der Waals surface area contributed by atoms with Crippen LogP contribution in [0.15, 0.2) is 11.2 Å². The van der Waals surface area contributed by atoms with Crippen LogP contribution in [0.3, 0.4) is 0 Å². The number of aryl methyl sites for hydroxylation is 2. The highest BCUT2D eigenvalue weighted by atomic mass is 32.2. The van der Waals surface area contributed by atoms with E-state index in [9.17, 15) is 13.2 Å². The number of sulfonamides is 1. The molecule has 7 nitrogen and oxygen atoms in total. The summed E-state index contributed by atoms with van der Waals surface area (Å²) in [6, 6.07) is -0.952. The van der Waals surface area contributed by atoms with Gasteiger partial charge in [-0.15, -0.1) is 0 Å². The number of hydrogen-bond acceptors (Lipinski definition) is 5. The lowest BCUT2D eigenvalue weighted by molar-refractivity contribution is -0.142. The molecule has 8 heteroatoms. The van der Waals surface area contributed by atoms with Crippen LogP contribution in [0.4, 0.5) is 0 Å². The van der Waals surface area contributed by atoms with E-state index in [4.69, 9.17) is 0 Å². The van der Waals surface area contributed by atoms with Crippen molar-refractivity contribution >= 4 is 16.0 Å². The SMILES string of the molecule is COC(=O)C(C)NS(=O)(=O)c1cn(C)c(C)n1. The van der Waals surface area contributed by atoms with Gasteiger partial charge >= 0.3 is 5.97 Å². The highest BCUT2D eigenvalue weighted by molar-refractivity contribution is 7.89. The Kier molecular flexibility index (Phi) is 3.89. The van der Waals surface area contributed by atoms with Gasteiger partial charge in [0.15, 0.2) is 5.03 Å². The second kappa shape index (κ2) is 4.84. The lowest BCUT2D eigenvalue weighted by Gasteiger charge is -2.10. The lowest BCUT2D eigenvalue weighted by atomic mass is 10.4. The summed E-state index contributed by atoms with van der Waals surface area (Å²) in [5.41, 5.74) is 0. The van der Waals surface area contributed by atoms with Gasteiger partial charge in [0, 0.05) is 13.2 Å². The lowest BCUT2D eigenvalue weighted by Crippen LogP contribution is -2.39. The van der Waals surface area contributed by atoms with Crippen LogP contribution in [0.5, 0.6) is 0 Å². The van der Waals surface area contributed by atoms with E-state index in [0.717, 1.165) is 0 Å². The van der Waals surface area contributed by atoms with E-state index in [2.05, 4.69) is 14.4 Å². The van der Waals surface area contributed by atoms with Crippen molar-refractivity contribution in [3.8, 4) is 0 Å². The van der Waals surface area contributed by atoms with Gasteiger partial charge in [-0.3, -0.25) is 4.79 Å². The maximum absolute atomic E-state index is 11.8. The smallest absolute Gasteiger partial charge is 0.323 e. The van der Waals surface area contributed by atoms with Crippen molar-refractivity contribution in [2.24, 2.45) is 7.05 Å². The summed E-state index contributed by atoms with van der Waals surface area (Å²) < 4.78 is 31.9. The number of nitrogens with one attached hydrogen (secondary N) is 1. The summed E-state index contributed by atoms with van der Waals surface area (Å²) >= 11 is 0. The number of imidazole rings is 1. The van der Waals surface area contributed by atoms with E-state index in [-0.39, 0.29) is 5.03 Å². The zero-order valence-corrected chi connectivity index (χ0v) is 10.9. The van der Waals surface area contributed by atoms with E-state index in [1.165, 1.54) is 20.2 Å². The van der Waals surface area contributed by atoms with Crippen LogP contribution >= 0.6 is 0 Å². The van der Waals surface area contributed by atoms with Gasteiger partial charge < -0.3 is 9.30 Å². The molecular weight excluding hydrogens is 246 g/mol. The minimum atomic E-state index is -3.80. The number of rotatable bonds is 4. The Labute approximate surface area is 99.8 Å². The van der Waals surface area contributed by atoms with Gasteiger partial charge in [0.2, 0.25) is 0 Å². The molecule has 1 aromatic heterocycles. The van der Waals surface area contributed by atoms with E-state index in [1.54, 1.807) is 18.5 Å². The predicted molar refractivity (Wildman–Crippen MR) is 59.7 cm³/mol. The molecule has 0 bridgehead atoms. The van der Waals surface area contributed by atoms with Crippen LogP contribution in [0.1, 0.15) is 12.7 Å².